The maximum Gasteiger partial charge on any atom is 0.339 e. The molecule has 0 bridgehead atoms. The van der Waals surface area contributed by atoms with Crippen LogP contribution in [0, 0.1) is 29.1 Å². The number of hydrogen-bond acceptors (Lipinski definition) is 5. The van der Waals surface area contributed by atoms with Crippen molar-refractivity contribution in [2.75, 3.05) is 0 Å². The fourth-order valence-corrected chi connectivity index (χ4v) is 4.79. The molecule has 1 N–H and O–H groups in total. The molecule has 0 spiro atoms. The molecule has 2 aromatic rings. The normalized spacial score (nSPS) is 31.8. The van der Waals surface area contributed by atoms with Gasteiger partial charge in [0, 0.05) is 29.2 Å². The first-order chi connectivity index (χ1) is 14.7. The third-order valence-electron chi connectivity index (χ3n) is 6.50. The minimum Gasteiger partial charge on any atom is -0.460 e. The second-order valence-corrected chi connectivity index (χ2v) is 8.35. The summed E-state index contributed by atoms with van der Waals surface area (Å²) < 4.78 is 34.4. The summed E-state index contributed by atoms with van der Waals surface area (Å²) in [5.41, 5.74) is 0.410. The van der Waals surface area contributed by atoms with Gasteiger partial charge in [0.25, 0.3) is 5.92 Å². The number of benzene rings is 1. The van der Waals surface area contributed by atoms with Gasteiger partial charge < -0.3 is 9.84 Å². The van der Waals surface area contributed by atoms with Gasteiger partial charge in [-0.2, -0.15) is 5.26 Å². The van der Waals surface area contributed by atoms with Crippen molar-refractivity contribution in [3.63, 3.8) is 0 Å². The van der Waals surface area contributed by atoms with Crippen LogP contribution in [0.4, 0.5) is 8.78 Å². The Morgan fingerprint density at radius 3 is 2.68 bits per heavy atom. The van der Waals surface area contributed by atoms with E-state index in [0.717, 1.165) is 11.1 Å². The van der Waals surface area contributed by atoms with Crippen molar-refractivity contribution < 1.29 is 23.4 Å². The molecule has 1 aliphatic heterocycles. The van der Waals surface area contributed by atoms with Crippen molar-refractivity contribution in [3.05, 3.63) is 59.9 Å². The van der Waals surface area contributed by atoms with Crippen LogP contribution in [-0.2, 0) is 9.53 Å². The summed E-state index contributed by atoms with van der Waals surface area (Å²) in [6.45, 7) is 3.05. The van der Waals surface area contributed by atoms with Gasteiger partial charge in [0.1, 0.15) is 6.10 Å². The number of aromatic nitrogens is 1. The molecule has 4 rings (SSSR count). The van der Waals surface area contributed by atoms with Crippen LogP contribution in [0.1, 0.15) is 31.5 Å². The minimum atomic E-state index is -3.21. The van der Waals surface area contributed by atoms with Crippen molar-refractivity contribution in [1.82, 2.24) is 4.98 Å². The summed E-state index contributed by atoms with van der Waals surface area (Å²) in [5.74, 6) is -6.79. The van der Waals surface area contributed by atoms with E-state index in [4.69, 9.17) is 4.74 Å². The highest BCUT2D eigenvalue weighted by Crippen LogP contribution is 2.54. The molecule has 1 saturated carbocycles. The third kappa shape index (κ3) is 3.51. The van der Waals surface area contributed by atoms with E-state index in [2.05, 4.69) is 11.1 Å². The quantitative estimate of drug-likeness (QED) is 0.746. The number of carbonyl (C=O) groups excluding carboxylic acids is 1. The van der Waals surface area contributed by atoms with Gasteiger partial charge in [-0.3, -0.25) is 4.98 Å². The second kappa shape index (κ2) is 7.54. The molecule has 0 amide bonds. The number of esters is 1. The Hall–Kier alpha value is -3.11. The van der Waals surface area contributed by atoms with Crippen molar-refractivity contribution in [1.29, 1.82) is 5.26 Å². The predicted molar refractivity (Wildman–Crippen MR) is 110 cm³/mol. The number of halogens is 2. The van der Waals surface area contributed by atoms with Crippen LogP contribution in [0.5, 0.6) is 0 Å². The number of ether oxygens (including phenoxy) is 1. The standard InChI is InChI=1S/C24H22F2N2O3/c1-14-19(21-15(2)31-22(29)23(21,30)13-24(14,25)26)10-9-18-8-7-17(12-28-18)20-6-4-3-5-16(20)11-27/h3-10,12,14-15,19,21,30H,13H2,1-2H3/b10-9+/t14-,15+,19-,21?,23-/m0/s1. The lowest BCUT2D eigenvalue weighted by molar-refractivity contribution is -0.193. The molecule has 160 valence electrons. The highest BCUT2D eigenvalue weighted by Gasteiger charge is 2.67. The Bertz CT molecular complexity index is 1080. The molecule has 7 heteroatoms. The molecule has 2 fully saturated rings. The Morgan fingerprint density at radius 1 is 1.26 bits per heavy atom. The first-order valence-corrected chi connectivity index (χ1v) is 10.1. The average Bonchev–Trinajstić information content (AvgIpc) is 2.96. The second-order valence-electron chi connectivity index (χ2n) is 8.35. The summed E-state index contributed by atoms with van der Waals surface area (Å²) in [6, 6.07) is 12.9. The highest BCUT2D eigenvalue weighted by molar-refractivity contribution is 5.83. The Labute approximate surface area is 179 Å². The van der Waals surface area contributed by atoms with Crippen LogP contribution in [-0.4, -0.2) is 33.7 Å². The van der Waals surface area contributed by atoms with Gasteiger partial charge >= 0.3 is 5.97 Å². The Kier molecular flexibility index (Phi) is 5.14. The first kappa shape index (κ1) is 21.1. The number of rotatable bonds is 3. The van der Waals surface area contributed by atoms with Crippen LogP contribution in [0.2, 0.25) is 0 Å². The largest absolute Gasteiger partial charge is 0.460 e. The number of nitriles is 1. The van der Waals surface area contributed by atoms with E-state index < -0.39 is 47.8 Å². The molecule has 5 atom stereocenters. The molecule has 1 aromatic heterocycles. The zero-order valence-electron chi connectivity index (χ0n) is 17.1. The Balaban J connectivity index is 1.62. The summed E-state index contributed by atoms with van der Waals surface area (Å²) in [4.78, 5) is 16.5. The number of allylic oxidation sites excluding steroid dienone is 1. The SMILES string of the molecule is C[C@H]1OC(=O)[C@]2(O)CC(F)(F)[C@@H](C)[C@H](/C=C/c3ccc(-c4ccccc4C#N)cn3)C12. The zero-order chi connectivity index (χ0) is 22.4. The van der Waals surface area contributed by atoms with Crippen LogP contribution in [0.15, 0.2) is 48.7 Å². The monoisotopic (exact) mass is 424 g/mol. The molecule has 5 nitrogen and oxygen atoms in total. The maximum atomic E-state index is 14.6. The summed E-state index contributed by atoms with van der Waals surface area (Å²) >= 11 is 0. The molecule has 2 heterocycles. The van der Waals surface area contributed by atoms with Crippen molar-refractivity contribution in [3.8, 4) is 17.2 Å². The van der Waals surface area contributed by atoms with E-state index in [-0.39, 0.29) is 0 Å². The minimum absolute atomic E-state index is 0.532. The molecule has 0 radical (unpaired) electrons. The predicted octanol–water partition coefficient (Wildman–Crippen LogP) is 4.22. The summed E-state index contributed by atoms with van der Waals surface area (Å²) in [6.07, 6.45) is 3.25. The van der Waals surface area contributed by atoms with Gasteiger partial charge in [-0.1, -0.05) is 37.3 Å². The number of fused-ring (bicyclic) bond motifs is 1. The van der Waals surface area contributed by atoms with Gasteiger partial charge in [-0.15, -0.1) is 0 Å². The van der Waals surface area contributed by atoms with E-state index in [0.29, 0.717) is 11.3 Å². The number of nitrogens with zero attached hydrogens (tertiary/aromatic N) is 2. The topological polar surface area (TPSA) is 83.2 Å². The highest BCUT2D eigenvalue weighted by atomic mass is 19.3. The van der Waals surface area contributed by atoms with Gasteiger partial charge in [0.15, 0.2) is 5.60 Å². The molecule has 1 aromatic carbocycles. The number of carbonyl (C=O) groups is 1. The lowest BCUT2D eigenvalue weighted by Crippen LogP contribution is -2.57. The fraction of sp³-hybridized carbons (Fsp3) is 0.375. The fourth-order valence-electron chi connectivity index (χ4n) is 4.79. The third-order valence-corrected chi connectivity index (χ3v) is 6.50. The molecule has 2 aliphatic rings. The summed E-state index contributed by atoms with van der Waals surface area (Å²) in [5, 5.41) is 20.0. The number of alkyl halides is 2. The van der Waals surface area contributed by atoms with E-state index in [1.165, 1.54) is 6.92 Å². The Morgan fingerprint density at radius 2 is 2.00 bits per heavy atom. The van der Waals surface area contributed by atoms with Gasteiger partial charge in [-0.05, 0) is 31.1 Å². The molecule has 1 saturated heterocycles. The smallest absolute Gasteiger partial charge is 0.339 e. The van der Waals surface area contributed by atoms with Gasteiger partial charge in [0.2, 0.25) is 0 Å². The summed E-state index contributed by atoms with van der Waals surface area (Å²) in [7, 11) is 0. The lowest BCUT2D eigenvalue weighted by Gasteiger charge is -2.45. The lowest BCUT2D eigenvalue weighted by atomic mass is 9.62. The van der Waals surface area contributed by atoms with E-state index in [1.54, 1.807) is 43.5 Å². The molecule has 1 aliphatic carbocycles. The van der Waals surface area contributed by atoms with Crippen LogP contribution in [0.3, 0.4) is 0 Å². The van der Waals surface area contributed by atoms with Crippen molar-refractivity contribution in [2.45, 2.75) is 37.9 Å². The average molecular weight is 424 g/mol. The maximum absolute atomic E-state index is 14.6. The number of aliphatic hydroxyl groups is 1. The molecule has 1 unspecified atom stereocenters. The molecule has 31 heavy (non-hydrogen) atoms. The molecular weight excluding hydrogens is 402 g/mol. The van der Waals surface area contributed by atoms with Crippen molar-refractivity contribution in [2.24, 2.45) is 17.8 Å². The van der Waals surface area contributed by atoms with Gasteiger partial charge in [0.05, 0.1) is 23.7 Å². The zero-order valence-corrected chi connectivity index (χ0v) is 17.1. The first-order valence-electron chi connectivity index (χ1n) is 10.1. The van der Waals surface area contributed by atoms with E-state index in [1.807, 2.05) is 18.2 Å². The van der Waals surface area contributed by atoms with Crippen LogP contribution < -0.4 is 0 Å². The van der Waals surface area contributed by atoms with Crippen molar-refractivity contribution >= 4 is 12.0 Å². The van der Waals surface area contributed by atoms with E-state index in [9.17, 15) is 23.9 Å². The molecular formula is C24H22F2N2O3. The van der Waals surface area contributed by atoms with Crippen LogP contribution in [0.25, 0.3) is 17.2 Å². The number of cyclic esters (lactones) is 1. The van der Waals surface area contributed by atoms with Gasteiger partial charge in [-0.25, -0.2) is 13.6 Å². The number of pyridine rings is 1. The van der Waals surface area contributed by atoms with Crippen LogP contribution >= 0.6 is 0 Å². The number of hydrogen-bond donors (Lipinski definition) is 1. The van der Waals surface area contributed by atoms with E-state index >= 15 is 0 Å².